The van der Waals surface area contributed by atoms with E-state index in [9.17, 15) is 32.3 Å². The minimum absolute atomic E-state index is 0.0851. The Morgan fingerprint density at radius 1 is 1.18 bits per heavy atom. The number of anilines is 1. The summed E-state index contributed by atoms with van der Waals surface area (Å²) in [6, 6.07) is 5.16. The number of halogens is 4. The van der Waals surface area contributed by atoms with Crippen molar-refractivity contribution in [1.82, 2.24) is 14.5 Å². The number of piperazine rings is 1. The van der Waals surface area contributed by atoms with Crippen molar-refractivity contribution in [2.75, 3.05) is 30.3 Å². The highest BCUT2D eigenvalue weighted by molar-refractivity contribution is 7.99. The van der Waals surface area contributed by atoms with Crippen molar-refractivity contribution in [3.05, 3.63) is 64.9 Å². The molecular formula is C28H28F4N4O3S. The Hall–Kier alpha value is -3.38. The van der Waals surface area contributed by atoms with Gasteiger partial charge in [-0.2, -0.15) is 18.2 Å². The Kier molecular flexibility index (Phi) is 7.43. The van der Waals surface area contributed by atoms with E-state index in [1.165, 1.54) is 22.8 Å². The second-order valence-corrected chi connectivity index (χ2v) is 11.3. The molecule has 0 aliphatic carbocycles. The molecule has 1 amide bonds. The van der Waals surface area contributed by atoms with Crippen LogP contribution in [-0.2, 0) is 17.5 Å². The number of carbonyl (C=O) groups is 1. The van der Waals surface area contributed by atoms with Crippen molar-refractivity contribution in [1.29, 1.82) is 0 Å². The van der Waals surface area contributed by atoms with Gasteiger partial charge in [-0.05, 0) is 43.7 Å². The lowest BCUT2D eigenvalue weighted by Gasteiger charge is -2.44. The zero-order valence-electron chi connectivity index (χ0n) is 21.9. The fraction of sp³-hybridized carbons (Fsp3) is 0.393. The summed E-state index contributed by atoms with van der Waals surface area (Å²) in [6.07, 6.45) is -3.55. The SMILES string of the molecule is C=CC(=O)N1[C@H](C)CN(c2nc(=O)n3c4c(c(-c5ccc(F)cc5)c(C(F)(F)F)cc24)SC[C@H](CO)C3)C[C@@H]1C. The molecule has 1 saturated heterocycles. The van der Waals surface area contributed by atoms with Crippen molar-refractivity contribution >= 4 is 34.4 Å². The van der Waals surface area contributed by atoms with Crippen LogP contribution in [0.1, 0.15) is 19.4 Å². The number of nitrogens with zero attached hydrogens (tertiary/aromatic N) is 4. The molecule has 40 heavy (non-hydrogen) atoms. The van der Waals surface area contributed by atoms with E-state index in [2.05, 4.69) is 11.6 Å². The molecule has 0 spiro atoms. The Morgan fingerprint density at radius 3 is 2.40 bits per heavy atom. The Labute approximate surface area is 232 Å². The second kappa shape index (κ2) is 10.5. The summed E-state index contributed by atoms with van der Waals surface area (Å²) in [5, 5.41) is 10.1. The summed E-state index contributed by atoms with van der Waals surface area (Å²) in [5.74, 6) is -0.849. The van der Waals surface area contributed by atoms with Crippen molar-refractivity contribution in [2.24, 2.45) is 5.92 Å². The van der Waals surface area contributed by atoms with Gasteiger partial charge in [0, 0.05) is 65.8 Å². The first kappa shape index (κ1) is 28.2. The Balaban J connectivity index is 1.81. The highest BCUT2D eigenvalue weighted by Crippen LogP contribution is 2.48. The third-order valence-corrected chi connectivity index (χ3v) is 8.77. The highest BCUT2D eigenvalue weighted by Gasteiger charge is 2.39. The molecule has 2 aliphatic rings. The first-order valence-electron chi connectivity index (χ1n) is 12.8. The number of hydrogen-bond acceptors (Lipinski definition) is 6. The summed E-state index contributed by atoms with van der Waals surface area (Å²) < 4.78 is 59.2. The van der Waals surface area contributed by atoms with E-state index in [-0.39, 0.29) is 77.2 Å². The van der Waals surface area contributed by atoms with Gasteiger partial charge in [-0.3, -0.25) is 9.36 Å². The minimum Gasteiger partial charge on any atom is -0.396 e. The second-order valence-electron chi connectivity index (χ2n) is 10.3. The quantitative estimate of drug-likeness (QED) is 0.363. The third kappa shape index (κ3) is 4.87. The molecule has 212 valence electrons. The first-order chi connectivity index (χ1) is 18.9. The minimum atomic E-state index is -4.77. The highest BCUT2D eigenvalue weighted by atomic mass is 32.2. The average Bonchev–Trinajstić information content (AvgIpc) is 3.10. The van der Waals surface area contributed by atoms with E-state index in [1.807, 2.05) is 13.8 Å². The number of amides is 1. The van der Waals surface area contributed by atoms with Crippen molar-refractivity contribution in [3.63, 3.8) is 0 Å². The first-order valence-corrected chi connectivity index (χ1v) is 13.8. The standard InChI is InChI=1S/C28H28F4N4O3S/c1-4-22(38)36-15(2)10-34(11-16(36)3)26-20-9-21(28(30,31)32)23(18-5-7-19(29)8-6-18)25-24(20)35(27(39)33-26)12-17(13-37)14-40-25/h4-9,15-17,37H,1,10-14H2,2-3H3/t15-,16+,17-/m0/s1. The fourth-order valence-corrected chi connectivity index (χ4v) is 7.07. The lowest BCUT2D eigenvalue weighted by atomic mass is 9.96. The van der Waals surface area contributed by atoms with Crippen LogP contribution in [0, 0.1) is 11.7 Å². The number of hydrogen-bond donors (Lipinski definition) is 1. The van der Waals surface area contributed by atoms with Gasteiger partial charge in [0.2, 0.25) is 5.91 Å². The number of benzene rings is 2. The summed E-state index contributed by atoms with van der Waals surface area (Å²) in [4.78, 5) is 33.8. The molecule has 3 aromatic rings. The fourth-order valence-electron chi connectivity index (χ4n) is 5.73. The predicted octanol–water partition coefficient (Wildman–Crippen LogP) is 4.55. The van der Waals surface area contributed by atoms with Crippen LogP contribution in [0.2, 0.25) is 0 Å². The van der Waals surface area contributed by atoms with Gasteiger partial charge < -0.3 is 14.9 Å². The largest absolute Gasteiger partial charge is 0.417 e. The lowest BCUT2D eigenvalue weighted by Crippen LogP contribution is -2.58. The van der Waals surface area contributed by atoms with E-state index in [1.54, 1.807) is 9.80 Å². The summed E-state index contributed by atoms with van der Waals surface area (Å²) in [7, 11) is 0. The zero-order valence-corrected chi connectivity index (χ0v) is 22.7. The van der Waals surface area contributed by atoms with Gasteiger partial charge in [-0.15, -0.1) is 11.8 Å². The van der Waals surface area contributed by atoms with Crippen LogP contribution < -0.4 is 10.6 Å². The number of aliphatic hydroxyl groups is 1. The third-order valence-electron chi connectivity index (χ3n) is 7.45. The van der Waals surface area contributed by atoms with Gasteiger partial charge >= 0.3 is 11.9 Å². The number of alkyl halides is 3. The van der Waals surface area contributed by atoms with E-state index >= 15 is 0 Å². The topological polar surface area (TPSA) is 78.7 Å². The Morgan fingerprint density at radius 2 is 1.82 bits per heavy atom. The predicted molar refractivity (Wildman–Crippen MR) is 146 cm³/mol. The average molecular weight is 577 g/mol. The molecule has 12 heteroatoms. The van der Waals surface area contributed by atoms with Crippen LogP contribution >= 0.6 is 11.8 Å². The van der Waals surface area contributed by atoms with Crippen LogP contribution in [0.25, 0.3) is 22.0 Å². The molecule has 0 bridgehead atoms. The normalized spacial score (nSPS) is 21.4. The van der Waals surface area contributed by atoms with Crippen LogP contribution in [0.4, 0.5) is 23.4 Å². The van der Waals surface area contributed by atoms with Gasteiger partial charge in [0.05, 0.1) is 11.1 Å². The van der Waals surface area contributed by atoms with Crippen LogP contribution in [0.3, 0.4) is 0 Å². The molecule has 1 fully saturated rings. The molecule has 3 heterocycles. The molecule has 5 rings (SSSR count). The molecule has 1 N–H and O–H groups in total. The maximum absolute atomic E-state index is 14.7. The van der Waals surface area contributed by atoms with Crippen molar-refractivity contribution < 1.29 is 27.5 Å². The van der Waals surface area contributed by atoms with Gasteiger partial charge in [0.15, 0.2) is 0 Å². The van der Waals surface area contributed by atoms with Crippen LogP contribution in [-0.4, -0.2) is 63.0 Å². The lowest BCUT2D eigenvalue weighted by molar-refractivity contribution is -0.137. The van der Waals surface area contributed by atoms with Crippen LogP contribution in [0.15, 0.2) is 52.7 Å². The summed E-state index contributed by atoms with van der Waals surface area (Å²) in [6.45, 7) is 7.52. The molecular weight excluding hydrogens is 548 g/mol. The van der Waals surface area contributed by atoms with E-state index < -0.39 is 29.2 Å². The molecule has 0 saturated carbocycles. The van der Waals surface area contributed by atoms with Crippen LogP contribution in [0.5, 0.6) is 0 Å². The van der Waals surface area contributed by atoms with Crippen molar-refractivity contribution in [2.45, 2.75) is 43.5 Å². The van der Waals surface area contributed by atoms with Crippen molar-refractivity contribution in [3.8, 4) is 11.1 Å². The Bertz CT molecular complexity index is 1530. The smallest absolute Gasteiger partial charge is 0.396 e. The summed E-state index contributed by atoms with van der Waals surface area (Å²) >= 11 is 1.14. The monoisotopic (exact) mass is 576 g/mol. The maximum atomic E-state index is 14.7. The van der Waals surface area contributed by atoms with E-state index in [0.717, 1.165) is 30.0 Å². The molecule has 0 unspecified atom stereocenters. The molecule has 3 atom stereocenters. The van der Waals surface area contributed by atoms with Gasteiger partial charge in [0.25, 0.3) is 0 Å². The number of rotatable bonds is 4. The van der Waals surface area contributed by atoms with Gasteiger partial charge in [0.1, 0.15) is 11.6 Å². The van der Waals surface area contributed by atoms with Gasteiger partial charge in [-0.25, -0.2) is 9.18 Å². The van der Waals surface area contributed by atoms with Gasteiger partial charge in [-0.1, -0.05) is 18.7 Å². The molecule has 2 aromatic carbocycles. The molecule has 2 aliphatic heterocycles. The maximum Gasteiger partial charge on any atom is 0.417 e. The number of aromatic nitrogens is 2. The van der Waals surface area contributed by atoms with E-state index in [4.69, 9.17) is 0 Å². The molecule has 0 radical (unpaired) electrons. The molecule has 7 nitrogen and oxygen atoms in total. The number of aliphatic hydroxyl groups excluding tert-OH is 1. The molecule has 1 aromatic heterocycles. The summed E-state index contributed by atoms with van der Waals surface area (Å²) in [5.41, 5.74) is -1.24. The van der Waals surface area contributed by atoms with E-state index in [0.29, 0.717) is 5.52 Å². The number of thioether (sulfide) groups is 1. The zero-order chi connectivity index (χ0) is 28.9. The number of carbonyl (C=O) groups excluding carboxylic acids is 1.